The van der Waals surface area contributed by atoms with Crippen molar-refractivity contribution in [3.05, 3.63) is 23.8 Å². The van der Waals surface area contributed by atoms with Crippen molar-refractivity contribution in [1.82, 2.24) is 5.32 Å². The van der Waals surface area contributed by atoms with Gasteiger partial charge in [0.1, 0.15) is 11.9 Å². The highest BCUT2D eigenvalue weighted by molar-refractivity contribution is 5.59. The average Bonchev–Trinajstić information content (AvgIpc) is 2.47. The van der Waals surface area contributed by atoms with E-state index in [1.165, 1.54) is 31.2 Å². The zero-order valence-electron chi connectivity index (χ0n) is 13.7. The summed E-state index contributed by atoms with van der Waals surface area (Å²) in [6, 6.07) is 7.04. The summed E-state index contributed by atoms with van der Waals surface area (Å²) < 4.78 is 5.82. The smallest absolute Gasteiger partial charge is 0.142 e. The van der Waals surface area contributed by atoms with E-state index >= 15 is 0 Å². The molecule has 0 saturated heterocycles. The van der Waals surface area contributed by atoms with Gasteiger partial charge in [0.25, 0.3) is 0 Å². The first-order chi connectivity index (χ1) is 10.2. The van der Waals surface area contributed by atoms with Crippen molar-refractivity contribution in [3.63, 3.8) is 0 Å². The Kier molecular flexibility index (Phi) is 6.37. The van der Waals surface area contributed by atoms with E-state index in [2.05, 4.69) is 49.6 Å². The third-order valence-electron chi connectivity index (χ3n) is 4.02. The van der Waals surface area contributed by atoms with E-state index in [4.69, 9.17) is 4.74 Å². The fourth-order valence-electron chi connectivity index (χ4n) is 2.78. The summed E-state index contributed by atoms with van der Waals surface area (Å²) in [7, 11) is 0. The molecule has 1 aliphatic rings. The summed E-state index contributed by atoms with van der Waals surface area (Å²) in [6.45, 7) is 8.64. The van der Waals surface area contributed by atoms with Gasteiger partial charge in [0.2, 0.25) is 0 Å². The third-order valence-corrected chi connectivity index (χ3v) is 4.02. The number of ether oxygens (including phenoxy) is 1. The Balaban J connectivity index is 1.77. The van der Waals surface area contributed by atoms with Crippen LogP contribution in [0, 0.1) is 0 Å². The number of benzene rings is 1. The fourth-order valence-corrected chi connectivity index (χ4v) is 2.78. The molecule has 2 atom stereocenters. The van der Waals surface area contributed by atoms with E-state index in [-0.39, 0.29) is 6.10 Å². The lowest BCUT2D eigenvalue weighted by Crippen LogP contribution is -2.29. The molecular weight excluding hydrogens is 260 g/mol. The van der Waals surface area contributed by atoms with Crippen LogP contribution in [-0.4, -0.2) is 25.2 Å². The summed E-state index contributed by atoms with van der Waals surface area (Å²) in [5.41, 5.74) is 2.51. The van der Waals surface area contributed by atoms with Gasteiger partial charge in [0, 0.05) is 6.04 Å². The van der Waals surface area contributed by atoms with E-state index in [1.54, 1.807) is 0 Å². The number of nitrogens with one attached hydrogen (secondary N) is 2. The van der Waals surface area contributed by atoms with E-state index in [9.17, 15) is 0 Å². The average molecular weight is 290 g/mol. The second kappa shape index (κ2) is 8.28. The molecule has 2 N–H and O–H groups in total. The Morgan fingerprint density at radius 2 is 2.19 bits per heavy atom. The Morgan fingerprint density at radius 3 is 3.00 bits per heavy atom. The second-order valence-corrected chi connectivity index (χ2v) is 6.26. The number of hydrogen-bond donors (Lipinski definition) is 2. The molecule has 0 fully saturated rings. The Hall–Kier alpha value is -1.22. The van der Waals surface area contributed by atoms with Gasteiger partial charge in [-0.25, -0.2) is 0 Å². The first-order valence-electron chi connectivity index (χ1n) is 8.46. The van der Waals surface area contributed by atoms with Crippen LogP contribution in [0.1, 0.15) is 52.0 Å². The lowest BCUT2D eigenvalue weighted by Gasteiger charge is -2.25. The van der Waals surface area contributed by atoms with Crippen molar-refractivity contribution in [1.29, 1.82) is 0 Å². The molecule has 2 unspecified atom stereocenters. The van der Waals surface area contributed by atoms with Gasteiger partial charge in [-0.15, -0.1) is 0 Å². The quantitative estimate of drug-likeness (QED) is 0.711. The van der Waals surface area contributed by atoms with Crippen LogP contribution < -0.4 is 15.4 Å². The summed E-state index contributed by atoms with van der Waals surface area (Å²) in [5, 5.41) is 7.07. The molecule has 0 amide bonds. The lowest BCUT2D eigenvalue weighted by atomic mass is 10.0. The minimum absolute atomic E-state index is 0.257. The van der Waals surface area contributed by atoms with Gasteiger partial charge < -0.3 is 15.4 Å². The van der Waals surface area contributed by atoms with Crippen LogP contribution in [0.25, 0.3) is 0 Å². The number of fused-ring (bicyclic) bond motifs is 1. The van der Waals surface area contributed by atoms with Crippen molar-refractivity contribution in [2.45, 2.75) is 65.0 Å². The molecule has 1 heterocycles. The SMILES string of the molecule is CCCCCCNC(C)Cc1ccc2c(c1)NCC(C)O2. The van der Waals surface area contributed by atoms with Crippen LogP contribution >= 0.6 is 0 Å². The van der Waals surface area contributed by atoms with Gasteiger partial charge in [-0.05, 0) is 50.9 Å². The van der Waals surface area contributed by atoms with Crippen molar-refractivity contribution in [3.8, 4) is 5.75 Å². The molecule has 1 aromatic rings. The maximum atomic E-state index is 5.82. The first-order valence-corrected chi connectivity index (χ1v) is 8.46. The Bertz CT molecular complexity index is 433. The summed E-state index contributed by atoms with van der Waals surface area (Å²) in [5.74, 6) is 0.984. The van der Waals surface area contributed by atoms with Crippen molar-refractivity contribution in [2.75, 3.05) is 18.4 Å². The molecule has 0 spiro atoms. The molecule has 0 aliphatic carbocycles. The number of unbranched alkanes of at least 4 members (excludes halogenated alkanes) is 3. The summed E-state index contributed by atoms with van der Waals surface area (Å²) >= 11 is 0. The lowest BCUT2D eigenvalue weighted by molar-refractivity contribution is 0.226. The van der Waals surface area contributed by atoms with Crippen LogP contribution in [-0.2, 0) is 6.42 Å². The van der Waals surface area contributed by atoms with Gasteiger partial charge in [0.15, 0.2) is 0 Å². The molecule has 1 aromatic carbocycles. The maximum absolute atomic E-state index is 5.82. The van der Waals surface area contributed by atoms with Crippen LogP contribution in [0.4, 0.5) is 5.69 Å². The number of rotatable bonds is 8. The minimum atomic E-state index is 0.257. The molecule has 2 rings (SSSR count). The highest BCUT2D eigenvalue weighted by atomic mass is 16.5. The second-order valence-electron chi connectivity index (χ2n) is 6.26. The predicted octanol–water partition coefficient (Wildman–Crippen LogP) is 3.98. The molecule has 0 radical (unpaired) electrons. The zero-order valence-corrected chi connectivity index (χ0v) is 13.7. The Labute approximate surface area is 129 Å². The number of anilines is 1. The normalized spacial score (nSPS) is 18.5. The van der Waals surface area contributed by atoms with Crippen LogP contribution in [0.2, 0.25) is 0 Å². The summed E-state index contributed by atoms with van der Waals surface area (Å²) in [6.07, 6.45) is 6.61. The maximum Gasteiger partial charge on any atom is 0.142 e. The number of hydrogen-bond acceptors (Lipinski definition) is 3. The minimum Gasteiger partial charge on any atom is -0.487 e. The molecular formula is C18H30N2O. The predicted molar refractivity (Wildman–Crippen MR) is 90.3 cm³/mol. The third kappa shape index (κ3) is 5.24. The molecule has 0 aromatic heterocycles. The highest BCUT2D eigenvalue weighted by Crippen LogP contribution is 2.30. The zero-order chi connectivity index (χ0) is 15.1. The molecule has 3 nitrogen and oxygen atoms in total. The van der Waals surface area contributed by atoms with Gasteiger partial charge in [-0.1, -0.05) is 32.3 Å². The van der Waals surface area contributed by atoms with E-state index in [0.717, 1.165) is 30.9 Å². The van der Waals surface area contributed by atoms with Gasteiger partial charge >= 0.3 is 0 Å². The molecule has 0 bridgehead atoms. The highest BCUT2D eigenvalue weighted by Gasteiger charge is 2.15. The molecule has 0 saturated carbocycles. The van der Waals surface area contributed by atoms with Gasteiger partial charge in [0.05, 0.1) is 12.2 Å². The van der Waals surface area contributed by atoms with Crippen molar-refractivity contribution >= 4 is 5.69 Å². The largest absolute Gasteiger partial charge is 0.487 e. The van der Waals surface area contributed by atoms with Crippen LogP contribution in [0.3, 0.4) is 0 Å². The van der Waals surface area contributed by atoms with Crippen molar-refractivity contribution < 1.29 is 4.74 Å². The molecule has 21 heavy (non-hydrogen) atoms. The molecule has 3 heteroatoms. The van der Waals surface area contributed by atoms with Gasteiger partial charge in [-0.2, -0.15) is 0 Å². The van der Waals surface area contributed by atoms with Crippen LogP contribution in [0.15, 0.2) is 18.2 Å². The molecule has 118 valence electrons. The molecule has 1 aliphatic heterocycles. The van der Waals surface area contributed by atoms with Gasteiger partial charge in [-0.3, -0.25) is 0 Å². The van der Waals surface area contributed by atoms with E-state index in [1.807, 2.05) is 0 Å². The van der Waals surface area contributed by atoms with Crippen LogP contribution in [0.5, 0.6) is 5.75 Å². The first kappa shape index (κ1) is 16.2. The standard InChI is InChI=1S/C18H30N2O/c1-4-5-6-7-10-19-14(2)11-16-8-9-18-17(12-16)20-13-15(3)21-18/h8-9,12,14-15,19-20H,4-7,10-11,13H2,1-3H3. The Morgan fingerprint density at radius 1 is 1.33 bits per heavy atom. The van der Waals surface area contributed by atoms with E-state index in [0.29, 0.717) is 6.04 Å². The van der Waals surface area contributed by atoms with E-state index < -0.39 is 0 Å². The monoisotopic (exact) mass is 290 g/mol. The topological polar surface area (TPSA) is 33.3 Å². The summed E-state index contributed by atoms with van der Waals surface area (Å²) in [4.78, 5) is 0. The van der Waals surface area contributed by atoms with Crippen molar-refractivity contribution in [2.24, 2.45) is 0 Å². The fraction of sp³-hybridized carbons (Fsp3) is 0.667.